The van der Waals surface area contributed by atoms with Gasteiger partial charge in [-0.15, -0.1) is 0 Å². The maximum atomic E-state index is 5.18. The number of allylic oxidation sites excluding steroid dienone is 10. The maximum absolute atomic E-state index is 5.18. The van der Waals surface area contributed by atoms with E-state index in [2.05, 4.69) is 0 Å². The largest absolute Gasteiger partial charge is 0.497 e. The molecule has 72 valence electrons. The molecular formula is C13H14O. The van der Waals surface area contributed by atoms with E-state index in [9.17, 15) is 0 Å². The van der Waals surface area contributed by atoms with Gasteiger partial charge in [-0.05, 0) is 12.2 Å². The van der Waals surface area contributed by atoms with E-state index in [0.29, 0.717) is 6.61 Å². The van der Waals surface area contributed by atoms with Gasteiger partial charge < -0.3 is 4.74 Å². The Morgan fingerprint density at radius 1 is 0.571 bits per heavy atom. The Balaban J connectivity index is 2.56. The molecular weight excluding hydrogens is 172 g/mol. The van der Waals surface area contributed by atoms with Gasteiger partial charge in [0.2, 0.25) is 0 Å². The third-order valence-electron chi connectivity index (χ3n) is 1.50. The lowest BCUT2D eigenvalue weighted by Gasteiger charge is -1.91. The second-order valence-corrected chi connectivity index (χ2v) is 2.63. The summed E-state index contributed by atoms with van der Waals surface area (Å²) in [6, 6.07) is 0. The average molecular weight is 186 g/mol. The van der Waals surface area contributed by atoms with E-state index in [1.807, 2.05) is 66.8 Å². The smallest absolute Gasteiger partial charge is 0.106 e. The minimum Gasteiger partial charge on any atom is -0.497 e. The predicted octanol–water partition coefficient (Wildman–Crippen LogP) is 3.31. The first-order valence-corrected chi connectivity index (χ1v) is 4.60. The zero-order valence-electron chi connectivity index (χ0n) is 8.04. The summed E-state index contributed by atoms with van der Waals surface area (Å²) in [5.74, 6) is 0. The fourth-order valence-electron chi connectivity index (χ4n) is 0.859. The van der Waals surface area contributed by atoms with Crippen molar-refractivity contribution in [2.75, 3.05) is 6.61 Å². The van der Waals surface area contributed by atoms with Gasteiger partial charge in [0.05, 0.1) is 6.26 Å². The molecule has 0 fully saturated rings. The summed E-state index contributed by atoms with van der Waals surface area (Å²) in [6.45, 7) is 0.605. The van der Waals surface area contributed by atoms with Crippen LogP contribution in [0.4, 0.5) is 0 Å². The summed E-state index contributed by atoms with van der Waals surface area (Å²) in [7, 11) is 0. The van der Waals surface area contributed by atoms with Crippen LogP contribution >= 0.6 is 0 Å². The fourth-order valence-corrected chi connectivity index (χ4v) is 0.859. The minimum atomic E-state index is 0.605. The number of rotatable bonds is 0. The number of ether oxygens (including phenoxy) is 1. The first kappa shape index (κ1) is 10.3. The normalized spacial score (nSPS) is 30.3. The number of hydrogen-bond acceptors (Lipinski definition) is 1. The van der Waals surface area contributed by atoms with Crippen LogP contribution in [0.3, 0.4) is 0 Å². The molecule has 0 aromatic carbocycles. The lowest BCUT2D eigenvalue weighted by atomic mass is 10.3. The molecule has 0 bridgehead atoms. The van der Waals surface area contributed by atoms with E-state index in [4.69, 9.17) is 4.74 Å². The van der Waals surface area contributed by atoms with Crippen molar-refractivity contribution in [1.29, 1.82) is 0 Å². The number of hydrogen-bond donors (Lipinski definition) is 0. The van der Waals surface area contributed by atoms with Gasteiger partial charge in [-0.2, -0.15) is 0 Å². The Labute approximate surface area is 85.1 Å². The molecule has 14 heavy (non-hydrogen) atoms. The van der Waals surface area contributed by atoms with Gasteiger partial charge in [0.15, 0.2) is 0 Å². The van der Waals surface area contributed by atoms with Crippen LogP contribution in [0.1, 0.15) is 0 Å². The molecule has 0 amide bonds. The third kappa shape index (κ3) is 5.84. The van der Waals surface area contributed by atoms with Gasteiger partial charge in [-0.1, -0.05) is 54.7 Å². The Morgan fingerprint density at radius 3 is 1.71 bits per heavy atom. The highest BCUT2D eigenvalue weighted by molar-refractivity contribution is 5.19. The Hall–Kier alpha value is -1.76. The molecule has 1 nitrogen and oxygen atoms in total. The van der Waals surface area contributed by atoms with E-state index in [1.54, 1.807) is 6.26 Å². The van der Waals surface area contributed by atoms with Crippen molar-refractivity contribution in [3.63, 3.8) is 0 Å². The minimum absolute atomic E-state index is 0.605. The molecule has 0 N–H and O–H groups in total. The Bertz CT molecular complexity index is 269. The molecule has 0 spiro atoms. The van der Waals surface area contributed by atoms with Crippen molar-refractivity contribution in [3.05, 3.63) is 73.1 Å². The molecule has 0 atom stereocenters. The van der Waals surface area contributed by atoms with E-state index >= 15 is 0 Å². The van der Waals surface area contributed by atoms with Gasteiger partial charge in [0.25, 0.3) is 0 Å². The zero-order valence-corrected chi connectivity index (χ0v) is 8.04. The molecule has 0 unspecified atom stereocenters. The molecule has 0 radical (unpaired) electrons. The van der Waals surface area contributed by atoms with Crippen LogP contribution in [0.15, 0.2) is 73.1 Å². The Kier molecular flexibility index (Phi) is 5.80. The van der Waals surface area contributed by atoms with Gasteiger partial charge in [0.1, 0.15) is 6.61 Å². The topological polar surface area (TPSA) is 9.23 Å². The highest BCUT2D eigenvalue weighted by atomic mass is 16.5. The molecule has 1 heteroatoms. The van der Waals surface area contributed by atoms with Crippen LogP contribution in [0.5, 0.6) is 0 Å². The van der Waals surface area contributed by atoms with Crippen LogP contribution in [-0.4, -0.2) is 6.61 Å². The van der Waals surface area contributed by atoms with Crippen molar-refractivity contribution < 1.29 is 4.74 Å². The Morgan fingerprint density at radius 2 is 1.07 bits per heavy atom. The van der Waals surface area contributed by atoms with Crippen LogP contribution in [-0.2, 0) is 4.74 Å². The SMILES string of the molecule is C1=C\C=C/C=C\CO\C=C/C=C\C=C/1. The van der Waals surface area contributed by atoms with Crippen molar-refractivity contribution in [2.45, 2.75) is 0 Å². The fraction of sp³-hybridized carbons (Fsp3) is 0.0769. The molecule has 1 rings (SSSR count). The molecule has 1 aliphatic rings. The molecule has 1 aliphatic heterocycles. The van der Waals surface area contributed by atoms with E-state index in [-0.39, 0.29) is 0 Å². The van der Waals surface area contributed by atoms with Crippen molar-refractivity contribution in [3.8, 4) is 0 Å². The van der Waals surface area contributed by atoms with Crippen molar-refractivity contribution in [1.82, 2.24) is 0 Å². The monoisotopic (exact) mass is 186 g/mol. The second kappa shape index (κ2) is 7.87. The first-order chi connectivity index (χ1) is 7.00. The molecule has 0 saturated heterocycles. The average Bonchev–Trinajstić information content (AvgIpc) is 2.22. The molecule has 0 aromatic heterocycles. The molecule has 0 saturated carbocycles. The van der Waals surface area contributed by atoms with E-state index in [1.165, 1.54) is 0 Å². The molecule has 0 aromatic rings. The van der Waals surface area contributed by atoms with Gasteiger partial charge in [-0.25, -0.2) is 0 Å². The summed E-state index contributed by atoms with van der Waals surface area (Å²) in [6.07, 6.45) is 23.2. The predicted molar refractivity (Wildman–Crippen MR) is 60.8 cm³/mol. The second-order valence-electron chi connectivity index (χ2n) is 2.63. The standard InChI is InChI=1S/C13H14O/c1-2-4-6-8-10-12-14-13-11-9-7-5-3-1/h1-12H,13H2/b3-1-,4-2-,7-5-,8-6-,11-9-,12-10-. The van der Waals surface area contributed by atoms with Crippen LogP contribution in [0.2, 0.25) is 0 Å². The zero-order chi connectivity index (χ0) is 9.90. The van der Waals surface area contributed by atoms with E-state index < -0.39 is 0 Å². The third-order valence-corrected chi connectivity index (χ3v) is 1.50. The summed E-state index contributed by atoms with van der Waals surface area (Å²) in [4.78, 5) is 0. The first-order valence-electron chi connectivity index (χ1n) is 4.60. The summed E-state index contributed by atoms with van der Waals surface area (Å²) >= 11 is 0. The van der Waals surface area contributed by atoms with Gasteiger partial charge in [-0.3, -0.25) is 0 Å². The lowest BCUT2D eigenvalue weighted by Crippen LogP contribution is -1.78. The lowest BCUT2D eigenvalue weighted by molar-refractivity contribution is 0.290. The van der Waals surface area contributed by atoms with Crippen molar-refractivity contribution >= 4 is 0 Å². The summed E-state index contributed by atoms with van der Waals surface area (Å²) in [5.41, 5.74) is 0. The highest BCUT2D eigenvalue weighted by Crippen LogP contribution is 1.87. The van der Waals surface area contributed by atoms with Crippen LogP contribution < -0.4 is 0 Å². The maximum Gasteiger partial charge on any atom is 0.106 e. The van der Waals surface area contributed by atoms with Crippen molar-refractivity contribution in [2.24, 2.45) is 0 Å². The quantitative estimate of drug-likeness (QED) is 0.564. The van der Waals surface area contributed by atoms with Gasteiger partial charge >= 0.3 is 0 Å². The van der Waals surface area contributed by atoms with Crippen LogP contribution in [0, 0.1) is 0 Å². The summed E-state index contributed by atoms with van der Waals surface area (Å²) in [5, 5.41) is 0. The van der Waals surface area contributed by atoms with E-state index in [0.717, 1.165) is 0 Å². The molecule has 0 aliphatic carbocycles. The molecule has 1 heterocycles. The van der Waals surface area contributed by atoms with Crippen LogP contribution in [0.25, 0.3) is 0 Å². The summed E-state index contributed by atoms with van der Waals surface area (Å²) < 4.78 is 5.18. The van der Waals surface area contributed by atoms with Gasteiger partial charge in [0, 0.05) is 0 Å². The highest BCUT2D eigenvalue weighted by Gasteiger charge is 1.72.